The van der Waals surface area contributed by atoms with Crippen LogP contribution >= 0.6 is 11.6 Å². The van der Waals surface area contributed by atoms with Crippen molar-refractivity contribution >= 4 is 23.0 Å². The predicted molar refractivity (Wildman–Crippen MR) is 62.0 cm³/mol. The van der Waals surface area contributed by atoms with E-state index in [0.717, 1.165) is 12.2 Å². The van der Waals surface area contributed by atoms with E-state index in [1.807, 2.05) is 0 Å². The largest absolute Gasteiger partial charge is 0.367 e. The Bertz CT molecular complexity index is 382. The molecule has 0 amide bonds. The lowest BCUT2D eigenvalue weighted by Crippen LogP contribution is -2.44. The Balaban J connectivity index is 2.11. The molecule has 1 unspecified atom stereocenters. The van der Waals surface area contributed by atoms with Crippen LogP contribution in [0.5, 0.6) is 0 Å². The van der Waals surface area contributed by atoms with Gasteiger partial charge in [-0.25, -0.2) is 5.32 Å². The standard InChI is InChI=1S/C10H11ClN3O2/c11-10-7-13(6-5-12-10)8-1-3-9(4-2-8)14(15)16/h1-4,10H,5-7H2. The fourth-order valence-corrected chi connectivity index (χ4v) is 1.93. The van der Waals surface area contributed by atoms with Gasteiger partial charge in [0.1, 0.15) is 5.50 Å². The molecule has 1 radical (unpaired) electrons. The van der Waals surface area contributed by atoms with Crippen LogP contribution in [0.25, 0.3) is 0 Å². The third-order valence-electron chi connectivity index (χ3n) is 2.49. The normalized spacial score (nSPS) is 20.8. The predicted octanol–water partition coefficient (Wildman–Crippen LogP) is 1.58. The number of piperazine rings is 1. The lowest BCUT2D eigenvalue weighted by Gasteiger charge is -2.31. The van der Waals surface area contributed by atoms with Gasteiger partial charge in [-0.05, 0) is 12.1 Å². The van der Waals surface area contributed by atoms with Crippen LogP contribution in [0.1, 0.15) is 0 Å². The first-order valence-electron chi connectivity index (χ1n) is 4.97. The molecule has 1 aromatic carbocycles. The minimum Gasteiger partial charge on any atom is -0.367 e. The van der Waals surface area contributed by atoms with E-state index >= 15 is 0 Å². The Kier molecular flexibility index (Phi) is 3.26. The zero-order valence-corrected chi connectivity index (χ0v) is 9.30. The SMILES string of the molecule is O=[N+]([O-])c1ccc(N2CC[N]C(Cl)C2)cc1. The van der Waals surface area contributed by atoms with Crippen LogP contribution in [0.3, 0.4) is 0 Å². The summed E-state index contributed by atoms with van der Waals surface area (Å²) >= 11 is 5.93. The van der Waals surface area contributed by atoms with E-state index in [2.05, 4.69) is 10.2 Å². The Labute approximate surface area is 98.2 Å². The highest BCUT2D eigenvalue weighted by Crippen LogP contribution is 2.21. The van der Waals surface area contributed by atoms with Crippen molar-refractivity contribution in [1.29, 1.82) is 0 Å². The van der Waals surface area contributed by atoms with E-state index < -0.39 is 4.92 Å². The molecule has 0 spiro atoms. The van der Waals surface area contributed by atoms with E-state index in [0.29, 0.717) is 13.1 Å². The van der Waals surface area contributed by atoms with Gasteiger partial charge in [-0.15, -0.1) is 11.6 Å². The molecule has 85 valence electrons. The van der Waals surface area contributed by atoms with Crippen molar-refractivity contribution in [1.82, 2.24) is 5.32 Å². The molecule has 1 atom stereocenters. The molecule has 1 aliphatic heterocycles. The Morgan fingerprint density at radius 3 is 2.69 bits per heavy atom. The molecule has 0 bridgehead atoms. The molecule has 1 aliphatic rings. The fraction of sp³-hybridized carbons (Fsp3) is 0.400. The number of nitro groups is 1. The van der Waals surface area contributed by atoms with Crippen molar-refractivity contribution in [3.8, 4) is 0 Å². The summed E-state index contributed by atoms with van der Waals surface area (Å²) in [5.74, 6) is 0. The lowest BCUT2D eigenvalue weighted by molar-refractivity contribution is -0.384. The number of nitro benzene ring substituents is 1. The summed E-state index contributed by atoms with van der Waals surface area (Å²) in [6.45, 7) is 2.16. The van der Waals surface area contributed by atoms with E-state index in [1.54, 1.807) is 12.1 Å². The maximum Gasteiger partial charge on any atom is 0.269 e. The summed E-state index contributed by atoms with van der Waals surface area (Å²) in [6, 6.07) is 6.49. The van der Waals surface area contributed by atoms with E-state index in [9.17, 15) is 10.1 Å². The first-order valence-corrected chi connectivity index (χ1v) is 5.40. The summed E-state index contributed by atoms with van der Waals surface area (Å²) < 4.78 is 0. The molecule has 1 aromatic rings. The number of alkyl halides is 1. The summed E-state index contributed by atoms with van der Waals surface area (Å²) in [6.07, 6.45) is 0. The van der Waals surface area contributed by atoms with Crippen LogP contribution in [0.4, 0.5) is 11.4 Å². The maximum atomic E-state index is 10.5. The van der Waals surface area contributed by atoms with Crippen LogP contribution in [0, 0.1) is 10.1 Å². The molecular weight excluding hydrogens is 230 g/mol. The number of halogens is 1. The minimum absolute atomic E-state index is 0.105. The smallest absolute Gasteiger partial charge is 0.269 e. The maximum absolute atomic E-state index is 10.5. The van der Waals surface area contributed by atoms with Gasteiger partial charge in [-0.2, -0.15) is 0 Å². The summed E-state index contributed by atoms with van der Waals surface area (Å²) in [7, 11) is 0. The molecule has 16 heavy (non-hydrogen) atoms. The summed E-state index contributed by atoms with van der Waals surface area (Å²) in [5, 5.41) is 14.7. The number of hydrogen-bond acceptors (Lipinski definition) is 3. The molecule has 6 heteroatoms. The van der Waals surface area contributed by atoms with Crippen molar-refractivity contribution in [2.24, 2.45) is 0 Å². The van der Waals surface area contributed by atoms with Crippen LogP contribution in [-0.4, -0.2) is 30.1 Å². The van der Waals surface area contributed by atoms with Gasteiger partial charge in [0.15, 0.2) is 0 Å². The molecule has 0 saturated carbocycles. The first-order chi connectivity index (χ1) is 7.66. The number of rotatable bonds is 2. The van der Waals surface area contributed by atoms with Crippen LogP contribution in [0.2, 0.25) is 0 Å². The van der Waals surface area contributed by atoms with Gasteiger partial charge < -0.3 is 4.90 Å². The highest BCUT2D eigenvalue weighted by molar-refractivity contribution is 6.20. The number of anilines is 1. The van der Waals surface area contributed by atoms with E-state index in [4.69, 9.17) is 11.6 Å². The first kappa shape index (κ1) is 11.2. The van der Waals surface area contributed by atoms with Gasteiger partial charge in [-0.1, -0.05) is 0 Å². The highest BCUT2D eigenvalue weighted by Gasteiger charge is 2.18. The Morgan fingerprint density at radius 2 is 2.12 bits per heavy atom. The number of benzene rings is 1. The monoisotopic (exact) mass is 240 g/mol. The third-order valence-corrected chi connectivity index (χ3v) is 2.77. The van der Waals surface area contributed by atoms with Gasteiger partial charge in [0, 0.05) is 37.5 Å². The minimum atomic E-state index is -0.403. The van der Waals surface area contributed by atoms with Crippen molar-refractivity contribution in [3.63, 3.8) is 0 Å². The van der Waals surface area contributed by atoms with Crippen molar-refractivity contribution in [2.75, 3.05) is 24.5 Å². The summed E-state index contributed by atoms with van der Waals surface area (Å²) in [4.78, 5) is 12.2. The van der Waals surface area contributed by atoms with Gasteiger partial charge in [-0.3, -0.25) is 10.1 Å². The number of non-ortho nitro benzene ring substituents is 1. The van der Waals surface area contributed by atoms with Gasteiger partial charge in [0.25, 0.3) is 5.69 Å². The van der Waals surface area contributed by atoms with Gasteiger partial charge in [0.2, 0.25) is 0 Å². The number of hydrogen-bond donors (Lipinski definition) is 0. The van der Waals surface area contributed by atoms with Crippen LogP contribution in [-0.2, 0) is 0 Å². The second-order valence-electron chi connectivity index (χ2n) is 3.56. The average molecular weight is 241 g/mol. The molecule has 1 heterocycles. The second kappa shape index (κ2) is 4.67. The lowest BCUT2D eigenvalue weighted by atomic mass is 10.2. The van der Waals surface area contributed by atoms with Crippen LogP contribution in [0.15, 0.2) is 24.3 Å². The Morgan fingerprint density at radius 1 is 1.44 bits per heavy atom. The molecule has 5 nitrogen and oxygen atoms in total. The molecule has 2 rings (SSSR count). The van der Waals surface area contributed by atoms with E-state index in [-0.39, 0.29) is 11.2 Å². The zero-order valence-electron chi connectivity index (χ0n) is 8.54. The van der Waals surface area contributed by atoms with Crippen molar-refractivity contribution < 1.29 is 4.92 Å². The fourth-order valence-electron chi connectivity index (χ4n) is 1.67. The van der Waals surface area contributed by atoms with Crippen LogP contribution < -0.4 is 10.2 Å². The Hall–Kier alpha value is -1.33. The second-order valence-corrected chi connectivity index (χ2v) is 4.06. The molecule has 1 saturated heterocycles. The highest BCUT2D eigenvalue weighted by atomic mass is 35.5. The van der Waals surface area contributed by atoms with Crippen molar-refractivity contribution in [3.05, 3.63) is 34.4 Å². The van der Waals surface area contributed by atoms with E-state index in [1.165, 1.54) is 12.1 Å². The number of nitrogens with zero attached hydrogens (tertiary/aromatic N) is 3. The molecular formula is C10H11ClN3O2. The topological polar surface area (TPSA) is 60.5 Å². The molecule has 0 N–H and O–H groups in total. The average Bonchev–Trinajstić information content (AvgIpc) is 2.29. The molecule has 1 fully saturated rings. The molecule has 0 aliphatic carbocycles. The quantitative estimate of drug-likeness (QED) is 0.341. The third kappa shape index (κ3) is 2.43. The van der Waals surface area contributed by atoms with Gasteiger partial charge in [0.05, 0.1) is 4.92 Å². The van der Waals surface area contributed by atoms with Gasteiger partial charge >= 0.3 is 0 Å². The zero-order chi connectivity index (χ0) is 11.5. The molecule has 0 aromatic heterocycles. The summed E-state index contributed by atoms with van der Waals surface area (Å²) in [5.41, 5.74) is 0.864. The van der Waals surface area contributed by atoms with Crippen molar-refractivity contribution in [2.45, 2.75) is 5.50 Å².